The lowest BCUT2D eigenvalue weighted by Gasteiger charge is -2.15. The third-order valence-electron chi connectivity index (χ3n) is 4.26. The number of hydrogen-bond acceptors (Lipinski definition) is 4. The molecule has 0 aliphatic carbocycles. The Morgan fingerprint density at radius 3 is 2.95 bits per heavy atom. The average Bonchev–Trinajstić information content (AvgIpc) is 3.27. The molecule has 0 aromatic carbocycles. The molecule has 0 radical (unpaired) electrons. The van der Waals surface area contributed by atoms with Crippen LogP contribution in [0.25, 0.3) is 0 Å². The van der Waals surface area contributed by atoms with Crippen molar-refractivity contribution in [2.45, 2.75) is 39.8 Å². The zero-order valence-electron chi connectivity index (χ0n) is 13.1. The minimum atomic E-state index is 0.0339. The van der Waals surface area contributed by atoms with Gasteiger partial charge in [-0.05, 0) is 32.3 Å². The summed E-state index contributed by atoms with van der Waals surface area (Å²) < 4.78 is 3.85. The highest BCUT2D eigenvalue weighted by Gasteiger charge is 2.29. The Kier molecular flexibility index (Phi) is 4.22. The topological polar surface area (TPSA) is 68.8 Å². The van der Waals surface area contributed by atoms with Crippen LogP contribution in [0.1, 0.15) is 36.6 Å². The van der Waals surface area contributed by atoms with Crippen LogP contribution < -0.4 is 0 Å². The molecule has 22 heavy (non-hydrogen) atoms. The van der Waals surface area contributed by atoms with E-state index in [1.165, 1.54) is 0 Å². The van der Waals surface area contributed by atoms with Gasteiger partial charge in [0.2, 0.25) is 0 Å². The van der Waals surface area contributed by atoms with Crippen molar-refractivity contribution >= 4 is 5.91 Å². The van der Waals surface area contributed by atoms with Crippen LogP contribution in [0.5, 0.6) is 0 Å². The third kappa shape index (κ3) is 2.88. The molecule has 2 aromatic rings. The molecular weight excluding hydrogens is 280 g/mol. The molecule has 2 aromatic heterocycles. The lowest BCUT2D eigenvalue weighted by molar-refractivity contribution is 0.0780. The summed E-state index contributed by atoms with van der Waals surface area (Å²) in [5, 5.41) is 12.5. The maximum absolute atomic E-state index is 12.5. The second-order valence-corrected chi connectivity index (χ2v) is 5.70. The summed E-state index contributed by atoms with van der Waals surface area (Å²) in [5.74, 6) is 1.50. The fraction of sp³-hybridized carbons (Fsp3) is 0.600. The van der Waals surface area contributed by atoms with Gasteiger partial charge in [-0.1, -0.05) is 0 Å². The predicted molar refractivity (Wildman–Crippen MR) is 81.3 cm³/mol. The number of carbonyl (C=O) groups excluding carboxylic acids is 1. The summed E-state index contributed by atoms with van der Waals surface area (Å²) in [5.41, 5.74) is 0.541. The van der Waals surface area contributed by atoms with E-state index >= 15 is 0 Å². The fourth-order valence-electron chi connectivity index (χ4n) is 2.96. The molecule has 1 atom stereocenters. The Labute approximate surface area is 129 Å². The quantitative estimate of drug-likeness (QED) is 0.833. The first-order valence-corrected chi connectivity index (χ1v) is 7.90. The number of nitrogens with zero attached hydrogens (tertiary/aromatic N) is 6. The molecule has 7 heteroatoms. The minimum Gasteiger partial charge on any atom is -0.337 e. The standard InChI is InChI=1S/C15H22N6O/c1-3-19-11-16-17-14(19)9-12-5-7-20(10-12)15(22)13-6-8-21(4-2)18-13/h6,8,11-12H,3-5,7,9-10H2,1-2H3. The van der Waals surface area contributed by atoms with Gasteiger partial charge in [-0.15, -0.1) is 10.2 Å². The Morgan fingerprint density at radius 1 is 1.36 bits per heavy atom. The molecule has 3 rings (SSSR count). The number of carbonyl (C=O) groups is 1. The van der Waals surface area contributed by atoms with Crippen molar-refractivity contribution in [3.05, 3.63) is 30.1 Å². The maximum atomic E-state index is 12.5. The van der Waals surface area contributed by atoms with Crippen LogP contribution in [-0.2, 0) is 19.5 Å². The molecule has 1 unspecified atom stereocenters. The molecule has 1 aliphatic rings. The van der Waals surface area contributed by atoms with Crippen LogP contribution in [0.2, 0.25) is 0 Å². The summed E-state index contributed by atoms with van der Waals surface area (Å²) in [6.07, 6.45) is 5.51. The van der Waals surface area contributed by atoms with Crippen LogP contribution in [0.15, 0.2) is 18.6 Å². The summed E-state index contributed by atoms with van der Waals surface area (Å²) in [7, 11) is 0. The molecule has 1 aliphatic heterocycles. The van der Waals surface area contributed by atoms with Gasteiger partial charge in [0.05, 0.1) is 0 Å². The average molecular weight is 302 g/mol. The molecule has 0 spiro atoms. The zero-order chi connectivity index (χ0) is 15.5. The van der Waals surface area contributed by atoms with Crippen molar-refractivity contribution < 1.29 is 4.79 Å². The smallest absolute Gasteiger partial charge is 0.274 e. The monoisotopic (exact) mass is 302 g/mol. The van der Waals surface area contributed by atoms with E-state index in [-0.39, 0.29) is 5.91 Å². The van der Waals surface area contributed by atoms with Gasteiger partial charge in [-0.25, -0.2) is 0 Å². The van der Waals surface area contributed by atoms with Gasteiger partial charge in [0.1, 0.15) is 17.8 Å². The second-order valence-electron chi connectivity index (χ2n) is 5.70. The van der Waals surface area contributed by atoms with Gasteiger partial charge in [0.15, 0.2) is 0 Å². The van der Waals surface area contributed by atoms with Gasteiger partial charge in [0, 0.05) is 38.8 Å². The third-order valence-corrected chi connectivity index (χ3v) is 4.26. The highest BCUT2D eigenvalue weighted by Crippen LogP contribution is 2.21. The van der Waals surface area contributed by atoms with Crippen LogP contribution >= 0.6 is 0 Å². The Hall–Kier alpha value is -2.18. The van der Waals surface area contributed by atoms with E-state index in [0.29, 0.717) is 11.6 Å². The Bertz CT molecular complexity index is 646. The first-order chi connectivity index (χ1) is 10.7. The van der Waals surface area contributed by atoms with E-state index < -0.39 is 0 Å². The molecule has 0 N–H and O–H groups in total. The maximum Gasteiger partial charge on any atom is 0.274 e. The molecule has 3 heterocycles. The van der Waals surface area contributed by atoms with Crippen LogP contribution in [0, 0.1) is 5.92 Å². The van der Waals surface area contributed by atoms with Crippen LogP contribution in [-0.4, -0.2) is 48.4 Å². The second kappa shape index (κ2) is 6.29. The Balaban J connectivity index is 1.61. The van der Waals surface area contributed by atoms with Gasteiger partial charge in [-0.3, -0.25) is 9.48 Å². The van der Waals surface area contributed by atoms with Crippen LogP contribution in [0.3, 0.4) is 0 Å². The molecule has 1 saturated heterocycles. The summed E-state index contributed by atoms with van der Waals surface area (Å²) in [6.45, 7) is 7.32. The van der Waals surface area contributed by atoms with E-state index in [9.17, 15) is 4.79 Å². The first-order valence-electron chi connectivity index (χ1n) is 7.90. The van der Waals surface area contributed by atoms with E-state index in [4.69, 9.17) is 0 Å². The SMILES string of the molecule is CCn1ccc(C(=O)N2CCC(Cc3nncn3CC)C2)n1. The Morgan fingerprint density at radius 2 is 2.23 bits per heavy atom. The molecule has 0 bridgehead atoms. The summed E-state index contributed by atoms with van der Waals surface area (Å²) >= 11 is 0. The van der Waals surface area contributed by atoms with Gasteiger partial charge < -0.3 is 9.47 Å². The first kappa shape index (κ1) is 14.7. The number of hydrogen-bond donors (Lipinski definition) is 0. The van der Waals surface area contributed by atoms with Gasteiger partial charge >= 0.3 is 0 Å². The van der Waals surface area contributed by atoms with Gasteiger partial charge in [-0.2, -0.15) is 5.10 Å². The summed E-state index contributed by atoms with van der Waals surface area (Å²) in [4.78, 5) is 14.4. The van der Waals surface area contributed by atoms with E-state index in [2.05, 4.69) is 26.8 Å². The van der Waals surface area contributed by atoms with Gasteiger partial charge in [0.25, 0.3) is 5.91 Å². The normalized spacial score (nSPS) is 18.1. The highest BCUT2D eigenvalue weighted by molar-refractivity contribution is 5.92. The van der Waals surface area contributed by atoms with E-state index in [1.54, 1.807) is 17.1 Å². The molecule has 118 valence electrons. The minimum absolute atomic E-state index is 0.0339. The van der Waals surface area contributed by atoms with E-state index in [0.717, 1.165) is 44.8 Å². The van der Waals surface area contributed by atoms with Crippen molar-refractivity contribution in [1.29, 1.82) is 0 Å². The lowest BCUT2D eigenvalue weighted by Crippen LogP contribution is -2.29. The van der Waals surface area contributed by atoms with E-state index in [1.807, 2.05) is 18.0 Å². The number of amides is 1. The molecule has 1 fully saturated rings. The van der Waals surface area contributed by atoms with Crippen molar-refractivity contribution in [2.75, 3.05) is 13.1 Å². The molecular formula is C15H22N6O. The molecule has 7 nitrogen and oxygen atoms in total. The number of aromatic nitrogens is 5. The van der Waals surface area contributed by atoms with Crippen molar-refractivity contribution in [2.24, 2.45) is 5.92 Å². The molecule has 1 amide bonds. The number of aryl methyl sites for hydroxylation is 2. The molecule has 0 saturated carbocycles. The number of likely N-dealkylation sites (tertiary alicyclic amines) is 1. The summed E-state index contributed by atoms with van der Waals surface area (Å²) in [6, 6.07) is 1.80. The highest BCUT2D eigenvalue weighted by atomic mass is 16.2. The zero-order valence-corrected chi connectivity index (χ0v) is 13.1. The van der Waals surface area contributed by atoms with Crippen LogP contribution in [0.4, 0.5) is 0 Å². The predicted octanol–water partition coefficient (Wildman–Crippen LogP) is 1.22. The van der Waals surface area contributed by atoms with Crippen molar-refractivity contribution in [3.63, 3.8) is 0 Å². The lowest BCUT2D eigenvalue weighted by atomic mass is 10.0. The largest absolute Gasteiger partial charge is 0.337 e. The fourth-order valence-corrected chi connectivity index (χ4v) is 2.96. The number of rotatable bonds is 5. The van der Waals surface area contributed by atoms with Crippen molar-refractivity contribution in [3.8, 4) is 0 Å². The van der Waals surface area contributed by atoms with Crippen molar-refractivity contribution in [1.82, 2.24) is 29.4 Å².